The fourth-order valence-corrected chi connectivity index (χ4v) is 4.16. The van der Waals surface area contributed by atoms with Gasteiger partial charge in [-0.2, -0.15) is 0 Å². The summed E-state index contributed by atoms with van der Waals surface area (Å²) >= 11 is 12.2. The molecule has 1 amide bonds. The van der Waals surface area contributed by atoms with Crippen molar-refractivity contribution in [1.82, 2.24) is 5.32 Å². The number of rotatable bonds is 5. The molecule has 0 spiro atoms. The summed E-state index contributed by atoms with van der Waals surface area (Å²) in [6, 6.07) is 10.3. The molecule has 0 bridgehead atoms. The third-order valence-electron chi connectivity index (χ3n) is 5.55. The molecule has 2 aromatic carbocycles. The maximum absolute atomic E-state index is 13.3. The molecule has 1 N–H and O–H groups in total. The second kappa shape index (κ2) is 9.33. The molecule has 0 saturated heterocycles. The van der Waals surface area contributed by atoms with Crippen molar-refractivity contribution >= 4 is 40.1 Å². The molecule has 0 radical (unpaired) electrons. The number of halogens is 2. The summed E-state index contributed by atoms with van der Waals surface area (Å²) in [7, 11) is 0. The van der Waals surface area contributed by atoms with E-state index in [1.165, 1.54) is 6.42 Å². The number of carbonyl (C=O) groups is 1. The first-order valence-corrected chi connectivity index (χ1v) is 11.1. The Morgan fingerprint density at radius 2 is 1.84 bits per heavy atom. The average molecular weight is 460 g/mol. The Hall–Kier alpha value is -2.50. The topological polar surface area (TPSA) is 68.5 Å². The molecule has 1 heterocycles. The molecule has 4 rings (SSSR count). The molecule has 3 aromatic rings. The van der Waals surface area contributed by atoms with Crippen LogP contribution in [0.3, 0.4) is 0 Å². The molecule has 0 unspecified atom stereocenters. The van der Waals surface area contributed by atoms with Crippen LogP contribution in [0.4, 0.5) is 0 Å². The zero-order valence-electron chi connectivity index (χ0n) is 17.2. The van der Waals surface area contributed by atoms with Gasteiger partial charge in [-0.05, 0) is 61.7 Å². The van der Waals surface area contributed by atoms with E-state index in [1.807, 2.05) is 6.92 Å². The van der Waals surface area contributed by atoms with Crippen LogP contribution < -0.4 is 15.5 Å². The highest BCUT2D eigenvalue weighted by Crippen LogP contribution is 2.33. The van der Waals surface area contributed by atoms with Gasteiger partial charge in [0.15, 0.2) is 12.4 Å². The molecule has 0 atom stereocenters. The smallest absolute Gasteiger partial charge is 0.258 e. The first-order chi connectivity index (χ1) is 14.9. The van der Waals surface area contributed by atoms with E-state index in [9.17, 15) is 9.59 Å². The lowest BCUT2D eigenvalue weighted by atomic mass is 9.95. The van der Waals surface area contributed by atoms with Crippen LogP contribution in [-0.2, 0) is 4.79 Å². The Morgan fingerprint density at radius 3 is 2.55 bits per heavy atom. The van der Waals surface area contributed by atoms with E-state index in [4.69, 9.17) is 32.4 Å². The van der Waals surface area contributed by atoms with Crippen LogP contribution in [-0.4, -0.2) is 18.6 Å². The average Bonchev–Trinajstić information content (AvgIpc) is 2.76. The van der Waals surface area contributed by atoms with Gasteiger partial charge in [0.25, 0.3) is 5.91 Å². The van der Waals surface area contributed by atoms with Gasteiger partial charge in [-0.1, -0.05) is 42.5 Å². The van der Waals surface area contributed by atoms with Crippen molar-refractivity contribution in [2.24, 2.45) is 0 Å². The van der Waals surface area contributed by atoms with Crippen LogP contribution in [0, 0.1) is 6.92 Å². The van der Waals surface area contributed by atoms with Crippen molar-refractivity contribution in [1.29, 1.82) is 0 Å². The third-order valence-corrected chi connectivity index (χ3v) is 6.21. The molecule has 1 aliphatic rings. The standard InChI is InChI=1S/C24H23Cl2NO4/c1-14-11-20-18(12-19(14)26)22(29)24(23(31-20)15-7-9-16(25)10-8-15)30-13-21(28)27-17-5-3-2-4-6-17/h7-12,17H,2-6,13H2,1H3,(H,27,28). The number of benzene rings is 2. The van der Waals surface area contributed by atoms with E-state index in [0.717, 1.165) is 31.2 Å². The van der Waals surface area contributed by atoms with Gasteiger partial charge in [0, 0.05) is 21.7 Å². The summed E-state index contributed by atoms with van der Waals surface area (Å²) in [6.07, 6.45) is 5.37. The molecule has 1 aromatic heterocycles. The van der Waals surface area contributed by atoms with E-state index in [1.54, 1.807) is 36.4 Å². The van der Waals surface area contributed by atoms with Gasteiger partial charge in [0.2, 0.25) is 11.2 Å². The van der Waals surface area contributed by atoms with Gasteiger partial charge in [0.05, 0.1) is 5.39 Å². The zero-order chi connectivity index (χ0) is 22.0. The van der Waals surface area contributed by atoms with Crippen molar-refractivity contribution < 1.29 is 13.9 Å². The van der Waals surface area contributed by atoms with E-state index in [0.29, 0.717) is 26.6 Å². The first-order valence-electron chi connectivity index (χ1n) is 10.4. The van der Waals surface area contributed by atoms with Crippen molar-refractivity contribution in [3.8, 4) is 17.1 Å². The Bertz CT molecular complexity index is 1160. The summed E-state index contributed by atoms with van der Waals surface area (Å²) < 4.78 is 11.8. The predicted octanol–water partition coefficient (Wildman–Crippen LogP) is 5.90. The van der Waals surface area contributed by atoms with Crippen molar-refractivity contribution in [3.05, 3.63) is 62.2 Å². The van der Waals surface area contributed by atoms with E-state index in [2.05, 4.69) is 5.32 Å². The van der Waals surface area contributed by atoms with Crippen LogP contribution in [0.5, 0.6) is 5.75 Å². The van der Waals surface area contributed by atoms with Crippen LogP contribution in [0.15, 0.2) is 45.6 Å². The van der Waals surface area contributed by atoms with E-state index >= 15 is 0 Å². The third kappa shape index (κ3) is 4.89. The number of hydrogen-bond donors (Lipinski definition) is 1. The lowest BCUT2D eigenvalue weighted by Gasteiger charge is -2.22. The Morgan fingerprint density at radius 1 is 1.13 bits per heavy atom. The molecular weight excluding hydrogens is 437 g/mol. The predicted molar refractivity (Wildman–Crippen MR) is 123 cm³/mol. The van der Waals surface area contributed by atoms with Crippen LogP contribution >= 0.6 is 23.2 Å². The van der Waals surface area contributed by atoms with Gasteiger partial charge >= 0.3 is 0 Å². The SMILES string of the molecule is Cc1cc2oc(-c3ccc(Cl)cc3)c(OCC(=O)NC3CCCCC3)c(=O)c2cc1Cl. The largest absolute Gasteiger partial charge is 0.476 e. The minimum atomic E-state index is -0.376. The maximum Gasteiger partial charge on any atom is 0.258 e. The second-order valence-electron chi connectivity index (χ2n) is 7.89. The second-order valence-corrected chi connectivity index (χ2v) is 8.73. The number of aryl methyl sites for hydroxylation is 1. The van der Waals surface area contributed by atoms with Crippen molar-refractivity contribution in [2.75, 3.05) is 6.61 Å². The van der Waals surface area contributed by atoms with Gasteiger partial charge in [-0.3, -0.25) is 9.59 Å². The summed E-state index contributed by atoms with van der Waals surface area (Å²) in [6.45, 7) is 1.57. The van der Waals surface area contributed by atoms with Gasteiger partial charge in [0.1, 0.15) is 5.58 Å². The van der Waals surface area contributed by atoms with Crippen molar-refractivity contribution in [3.63, 3.8) is 0 Å². The molecule has 1 saturated carbocycles. The van der Waals surface area contributed by atoms with Crippen LogP contribution in [0.1, 0.15) is 37.7 Å². The summed E-state index contributed by atoms with van der Waals surface area (Å²) in [5, 5.41) is 4.31. The molecule has 0 aliphatic heterocycles. The Balaban J connectivity index is 1.69. The quantitative estimate of drug-likeness (QED) is 0.515. The molecule has 1 aliphatic carbocycles. The van der Waals surface area contributed by atoms with Gasteiger partial charge in [-0.25, -0.2) is 0 Å². The van der Waals surface area contributed by atoms with E-state index < -0.39 is 0 Å². The normalized spacial score (nSPS) is 14.5. The van der Waals surface area contributed by atoms with Crippen molar-refractivity contribution in [2.45, 2.75) is 45.1 Å². The number of ether oxygens (including phenoxy) is 1. The number of fused-ring (bicyclic) bond motifs is 1. The number of hydrogen-bond acceptors (Lipinski definition) is 4. The molecule has 162 valence electrons. The molecule has 5 nitrogen and oxygen atoms in total. The number of carbonyl (C=O) groups excluding carboxylic acids is 1. The summed E-state index contributed by atoms with van der Waals surface area (Å²) in [4.78, 5) is 25.7. The fourth-order valence-electron chi connectivity index (χ4n) is 3.87. The molecular formula is C24H23Cl2NO4. The minimum absolute atomic E-state index is 0.0199. The monoisotopic (exact) mass is 459 g/mol. The van der Waals surface area contributed by atoms with Crippen LogP contribution in [0.2, 0.25) is 10.0 Å². The van der Waals surface area contributed by atoms with E-state index in [-0.39, 0.29) is 35.5 Å². The highest BCUT2D eigenvalue weighted by molar-refractivity contribution is 6.32. The summed E-state index contributed by atoms with van der Waals surface area (Å²) in [5.74, 6) is -0.0229. The lowest BCUT2D eigenvalue weighted by molar-refractivity contribution is -0.124. The molecule has 31 heavy (non-hydrogen) atoms. The highest BCUT2D eigenvalue weighted by Gasteiger charge is 2.21. The Kier molecular flexibility index (Phi) is 6.54. The summed E-state index contributed by atoms with van der Waals surface area (Å²) in [5.41, 5.74) is 1.44. The maximum atomic E-state index is 13.3. The van der Waals surface area contributed by atoms with Gasteiger partial charge < -0.3 is 14.5 Å². The van der Waals surface area contributed by atoms with Crippen LogP contribution in [0.25, 0.3) is 22.3 Å². The van der Waals surface area contributed by atoms with Gasteiger partial charge in [-0.15, -0.1) is 0 Å². The number of amides is 1. The molecule has 1 fully saturated rings. The molecule has 7 heteroatoms. The minimum Gasteiger partial charge on any atom is -0.476 e. The first kappa shape index (κ1) is 21.7. The number of nitrogens with one attached hydrogen (secondary N) is 1. The lowest BCUT2D eigenvalue weighted by Crippen LogP contribution is -2.39. The highest BCUT2D eigenvalue weighted by atomic mass is 35.5. The fraction of sp³-hybridized carbons (Fsp3) is 0.333. The Labute approximate surface area is 190 Å². The zero-order valence-corrected chi connectivity index (χ0v) is 18.7.